The zero-order valence-corrected chi connectivity index (χ0v) is 18.0. The Morgan fingerprint density at radius 1 is 1.14 bits per heavy atom. The van der Waals surface area contributed by atoms with Gasteiger partial charge in [-0.15, -0.1) is 11.3 Å². The van der Waals surface area contributed by atoms with Gasteiger partial charge in [0, 0.05) is 23.0 Å². The van der Waals surface area contributed by atoms with Crippen LogP contribution in [-0.4, -0.2) is 47.2 Å². The summed E-state index contributed by atoms with van der Waals surface area (Å²) in [5.41, 5.74) is 1.54. The van der Waals surface area contributed by atoms with E-state index in [2.05, 4.69) is 32.3 Å². The topological polar surface area (TPSA) is 87.7 Å². The number of thiophene rings is 1. The second-order valence-electron chi connectivity index (χ2n) is 6.66. The first kappa shape index (κ1) is 21.3. The number of nitrogens with zero attached hydrogens (tertiary/aromatic N) is 1. The number of amides is 1. The highest BCUT2D eigenvalue weighted by atomic mass is 32.2. The van der Waals surface area contributed by atoms with Crippen LogP contribution in [0.2, 0.25) is 0 Å². The molecule has 1 heterocycles. The third-order valence-corrected chi connectivity index (χ3v) is 6.98. The number of carbonyl (C=O) groups is 1. The van der Waals surface area contributed by atoms with E-state index in [1.54, 1.807) is 11.3 Å². The molecule has 0 aliphatic heterocycles. The molecule has 2 N–H and O–H groups in total. The Kier molecular flexibility index (Phi) is 6.53. The van der Waals surface area contributed by atoms with Crippen molar-refractivity contribution in [3.05, 3.63) is 59.5 Å². The van der Waals surface area contributed by atoms with E-state index in [1.807, 2.05) is 31.1 Å². The Morgan fingerprint density at radius 2 is 1.83 bits per heavy atom. The van der Waals surface area contributed by atoms with Crippen molar-refractivity contribution in [2.24, 2.45) is 0 Å². The van der Waals surface area contributed by atoms with Crippen LogP contribution in [0.4, 0.5) is 10.5 Å². The first-order chi connectivity index (χ1) is 13.8. The highest BCUT2D eigenvalue weighted by Gasteiger charge is 2.22. The highest BCUT2D eigenvalue weighted by Crippen LogP contribution is 2.32. The minimum atomic E-state index is -3.70. The fourth-order valence-corrected chi connectivity index (χ4v) is 5.03. The highest BCUT2D eigenvalue weighted by molar-refractivity contribution is 7.89. The zero-order chi connectivity index (χ0) is 21.0. The number of ether oxygens (including phenoxy) is 1. The van der Waals surface area contributed by atoms with Gasteiger partial charge in [-0.25, -0.2) is 17.9 Å². The van der Waals surface area contributed by atoms with E-state index in [-0.39, 0.29) is 17.5 Å². The lowest BCUT2D eigenvalue weighted by Crippen LogP contribution is -2.34. The first-order valence-electron chi connectivity index (χ1n) is 8.89. The third-order valence-electron chi connectivity index (χ3n) is 4.56. The van der Waals surface area contributed by atoms with Crippen LogP contribution < -0.4 is 10.0 Å². The monoisotopic (exact) mass is 433 g/mol. The molecule has 3 aromatic rings. The number of hydrogen-bond acceptors (Lipinski definition) is 6. The summed E-state index contributed by atoms with van der Waals surface area (Å²) in [7, 11) is 1.42. The van der Waals surface area contributed by atoms with Crippen molar-refractivity contribution in [1.29, 1.82) is 0 Å². The van der Waals surface area contributed by atoms with E-state index in [0.29, 0.717) is 5.69 Å². The third kappa shape index (κ3) is 4.94. The van der Waals surface area contributed by atoms with E-state index in [1.165, 1.54) is 36.1 Å². The van der Waals surface area contributed by atoms with Crippen LogP contribution in [0.5, 0.6) is 0 Å². The van der Waals surface area contributed by atoms with Crippen molar-refractivity contribution in [3.63, 3.8) is 0 Å². The van der Waals surface area contributed by atoms with Crippen LogP contribution in [0.25, 0.3) is 10.1 Å². The average Bonchev–Trinajstić information content (AvgIpc) is 3.12. The fraction of sp³-hybridized carbons (Fsp3) is 0.250. The van der Waals surface area contributed by atoms with Crippen LogP contribution in [-0.2, 0) is 14.8 Å². The number of methoxy groups -OCH3 is 1. The van der Waals surface area contributed by atoms with Gasteiger partial charge in [0.25, 0.3) is 0 Å². The maximum absolute atomic E-state index is 12.7. The van der Waals surface area contributed by atoms with Crippen LogP contribution in [0.3, 0.4) is 0 Å². The molecular formula is C20H23N3O4S2. The van der Waals surface area contributed by atoms with Gasteiger partial charge in [-0.2, -0.15) is 0 Å². The summed E-state index contributed by atoms with van der Waals surface area (Å²) >= 11 is 1.65. The molecule has 154 valence electrons. The molecule has 3 rings (SSSR count). The lowest BCUT2D eigenvalue weighted by atomic mass is 10.1. The Bertz CT molecular complexity index is 1090. The summed E-state index contributed by atoms with van der Waals surface area (Å²) < 4.78 is 33.9. The van der Waals surface area contributed by atoms with Crippen molar-refractivity contribution in [2.75, 3.05) is 33.1 Å². The molecule has 1 aromatic heterocycles. The molecule has 0 saturated heterocycles. The molecule has 0 radical (unpaired) electrons. The minimum Gasteiger partial charge on any atom is -0.453 e. The first-order valence-corrected chi connectivity index (χ1v) is 11.3. The van der Waals surface area contributed by atoms with Crippen molar-refractivity contribution in [1.82, 2.24) is 9.62 Å². The standard InChI is InChI=1S/C20H23N3O4S2/c1-23(2)18(17-13-28-19-7-5-4-6-16(17)19)12-21-29(25,26)15-10-8-14(9-11-15)22-20(24)27-3/h4-11,13,18,21H,12H2,1-3H3,(H,22,24). The Balaban J connectivity index is 1.76. The smallest absolute Gasteiger partial charge is 0.411 e. The number of nitrogens with one attached hydrogen (secondary N) is 2. The van der Waals surface area contributed by atoms with Gasteiger partial charge in [-0.05, 0) is 60.8 Å². The fourth-order valence-electron chi connectivity index (χ4n) is 2.99. The lowest BCUT2D eigenvalue weighted by Gasteiger charge is -2.24. The van der Waals surface area contributed by atoms with Crippen LogP contribution in [0.15, 0.2) is 58.8 Å². The van der Waals surface area contributed by atoms with Gasteiger partial charge in [-0.3, -0.25) is 5.32 Å². The quantitative estimate of drug-likeness (QED) is 0.594. The predicted octanol–water partition coefficient (Wildman–Crippen LogP) is 3.66. The van der Waals surface area contributed by atoms with E-state index >= 15 is 0 Å². The SMILES string of the molecule is COC(=O)Nc1ccc(S(=O)(=O)NCC(c2csc3ccccc23)N(C)C)cc1. The summed E-state index contributed by atoms with van der Waals surface area (Å²) in [6.45, 7) is 0.234. The number of hydrogen-bond donors (Lipinski definition) is 2. The number of sulfonamides is 1. The molecule has 0 saturated carbocycles. The second kappa shape index (κ2) is 8.91. The number of rotatable bonds is 7. The molecule has 7 nitrogen and oxygen atoms in total. The van der Waals surface area contributed by atoms with Gasteiger partial charge in [0.2, 0.25) is 10.0 Å². The summed E-state index contributed by atoms with van der Waals surface area (Å²) in [5, 5.41) is 5.70. The largest absolute Gasteiger partial charge is 0.453 e. The number of benzene rings is 2. The van der Waals surface area contributed by atoms with E-state index in [9.17, 15) is 13.2 Å². The normalized spacial score (nSPS) is 12.8. The van der Waals surface area contributed by atoms with Crippen LogP contribution in [0, 0.1) is 0 Å². The Morgan fingerprint density at radius 3 is 2.48 bits per heavy atom. The molecule has 1 unspecified atom stereocenters. The summed E-state index contributed by atoms with van der Waals surface area (Å²) in [6, 6.07) is 13.9. The number of likely N-dealkylation sites (N-methyl/N-ethyl adjacent to an activating group) is 1. The summed E-state index contributed by atoms with van der Waals surface area (Å²) in [4.78, 5) is 13.4. The second-order valence-corrected chi connectivity index (χ2v) is 9.34. The van der Waals surface area contributed by atoms with Gasteiger partial charge in [-0.1, -0.05) is 18.2 Å². The molecule has 0 fully saturated rings. The molecule has 1 atom stereocenters. The number of carbonyl (C=O) groups excluding carboxylic acids is 1. The van der Waals surface area contributed by atoms with E-state index in [4.69, 9.17) is 0 Å². The molecule has 0 bridgehead atoms. The van der Waals surface area contributed by atoms with E-state index < -0.39 is 16.1 Å². The molecule has 0 aliphatic rings. The van der Waals surface area contributed by atoms with Gasteiger partial charge in [0.1, 0.15) is 0 Å². The summed E-state index contributed by atoms with van der Waals surface area (Å²) in [5.74, 6) is 0. The number of anilines is 1. The predicted molar refractivity (Wildman–Crippen MR) is 116 cm³/mol. The average molecular weight is 434 g/mol. The number of fused-ring (bicyclic) bond motifs is 1. The summed E-state index contributed by atoms with van der Waals surface area (Å²) in [6.07, 6.45) is -0.615. The molecular weight excluding hydrogens is 410 g/mol. The molecule has 0 aliphatic carbocycles. The molecule has 29 heavy (non-hydrogen) atoms. The molecule has 9 heteroatoms. The maximum atomic E-state index is 12.7. The van der Waals surface area contributed by atoms with Gasteiger partial charge in [0.15, 0.2) is 0 Å². The van der Waals surface area contributed by atoms with Gasteiger partial charge >= 0.3 is 6.09 Å². The van der Waals surface area contributed by atoms with Crippen molar-refractivity contribution >= 4 is 43.2 Å². The van der Waals surface area contributed by atoms with Crippen LogP contribution >= 0.6 is 11.3 Å². The van der Waals surface area contributed by atoms with Crippen molar-refractivity contribution < 1.29 is 17.9 Å². The van der Waals surface area contributed by atoms with Gasteiger partial charge < -0.3 is 9.64 Å². The Hall–Kier alpha value is -2.46. The molecule has 2 aromatic carbocycles. The Labute approximate surface area is 174 Å². The maximum Gasteiger partial charge on any atom is 0.411 e. The van der Waals surface area contributed by atoms with E-state index in [0.717, 1.165) is 10.9 Å². The van der Waals surface area contributed by atoms with Crippen LogP contribution in [0.1, 0.15) is 11.6 Å². The van der Waals surface area contributed by atoms with Gasteiger partial charge in [0.05, 0.1) is 12.0 Å². The lowest BCUT2D eigenvalue weighted by molar-refractivity contribution is 0.187. The zero-order valence-electron chi connectivity index (χ0n) is 16.4. The molecule has 0 spiro atoms. The molecule has 1 amide bonds. The van der Waals surface area contributed by atoms with Crippen molar-refractivity contribution in [2.45, 2.75) is 10.9 Å². The van der Waals surface area contributed by atoms with Crippen molar-refractivity contribution in [3.8, 4) is 0 Å². The minimum absolute atomic E-state index is 0.110.